The lowest BCUT2D eigenvalue weighted by Crippen LogP contribution is -2.26. The Morgan fingerprint density at radius 1 is 1.68 bits per heavy atom. The van der Waals surface area contributed by atoms with Crippen LogP contribution in [0.5, 0.6) is 0 Å². The van der Waals surface area contributed by atoms with Gasteiger partial charge in [0.15, 0.2) is 0 Å². The lowest BCUT2D eigenvalue weighted by molar-refractivity contribution is 0.574. The highest BCUT2D eigenvalue weighted by molar-refractivity contribution is 6.32. The van der Waals surface area contributed by atoms with Gasteiger partial charge < -0.3 is 10.6 Å². The van der Waals surface area contributed by atoms with Crippen molar-refractivity contribution in [3.63, 3.8) is 0 Å². The van der Waals surface area contributed by atoms with Crippen molar-refractivity contribution in [1.82, 2.24) is 15.1 Å². The summed E-state index contributed by atoms with van der Waals surface area (Å²) in [5.41, 5.74) is 0.315. The van der Waals surface area contributed by atoms with E-state index < -0.39 is 0 Å². The van der Waals surface area contributed by atoms with Crippen LogP contribution >= 0.6 is 11.6 Å². The average Bonchev–Trinajstić information content (AvgIpc) is 2.91. The molecular formula is C13H19ClN4O. The van der Waals surface area contributed by atoms with Gasteiger partial charge in [0, 0.05) is 12.6 Å². The lowest BCUT2D eigenvalue weighted by atomic mass is 10.1. The Labute approximate surface area is 117 Å². The molecule has 1 aromatic rings. The van der Waals surface area contributed by atoms with E-state index in [-0.39, 0.29) is 10.6 Å². The van der Waals surface area contributed by atoms with E-state index in [2.05, 4.69) is 22.3 Å². The predicted octanol–water partition coefficient (Wildman–Crippen LogP) is 1.64. The molecule has 0 aliphatic carbocycles. The molecule has 0 unspecified atom stereocenters. The van der Waals surface area contributed by atoms with Gasteiger partial charge in [-0.3, -0.25) is 4.79 Å². The standard InChI is InChI=1S/C13H19ClN4O/c1-2-8-18-13(19)12(14)11(9-17-18)16-7-5-10-4-3-6-15-10/h2,9-10,15-16H,1,3-8H2/t10-/m0/s1. The second kappa shape index (κ2) is 6.73. The van der Waals surface area contributed by atoms with Gasteiger partial charge in [0.25, 0.3) is 5.56 Å². The summed E-state index contributed by atoms with van der Waals surface area (Å²) in [6.45, 7) is 5.83. The largest absolute Gasteiger partial charge is 0.382 e. The van der Waals surface area contributed by atoms with Gasteiger partial charge in [0.1, 0.15) is 5.02 Å². The fourth-order valence-corrected chi connectivity index (χ4v) is 2.44. The van der Waals surface area contributed by atoms with Crippen LogP contribution in [-0.4, -0.2) is 28.9 Å². The van der Waals surface area contributed by atoms with Crippen molar-refractivity contribution in [1.29, 1.82) is 0 Å². The predicted molar refractivity (Wildman–Crippen MR) is 77.8 cm³/mol. The number of allylic oxidation sites excluding steroid dienone is 1. The summed E-state index contributed by atoms with van der Waals surface area (Å²) in [6, 6.07) is 0.570. The number of anilines is 1. The van der Waals surface area contributed by atoms with E-state index in [1.165, 1.54) is 17.5 Å². The zero-order chi connectivity index (χ0) is 13.7. The topological polar surface area (TPSA) is 59.0 Å². The Kier molecular flexibility index (Phi) is 4.99. The highest BCUT2D eigenvalue weighted by Gasteiger charge is 2.14. The van der Waals surface area contributed by atoms with E-state index in [0.717, 1.165) is 19.5 Å². The molecule has 0 aromatic carbocycles. The molecule has 6 heteroatoms. The molecule has 1 aliphatic rings. The van der Waals surface area contributed by atoms with Gasteiger partial charge in [-0.05, 0) is 25.8 Å². The van der Waals surface area contributed by atoms with Gasteiger partial charge in [-0.1, -0.05) is 17.7 Å². The van der Waals surface area contributed by atoms with Crippen LogP contribution in [0.1, 0.15) is 19.3 Å². The summed E-state index contributed by atoms with van der Waals surface area (Å²) in [7, 11) is 0. The highest BCUT2D eigenvalue weighted by atomic mass is 35.5. The third-order valence-corrected chi connectivity index (χ3v) is 3.62. The summed E-state index contributed by atoms with van der Waals surface area (Å²) in [4.78, 5) is 11.9. The number of nitrogens with one attached hydrogen (secondary N) is 2. The molecule has 0 amide bonds. The smallest absolute Gasteiger partial charge is 0.287 e. The third-order valence-electron chi connectivity index (χ3n) is 3.26. The molecule has 2 heterocycles. The van der Waals surface area contributed by atoms with Crippen molar-refractivity contribution in [3.8, 4) is 0 Å². The molecule has 0 saturated carbocycles. The minimum atomic E-state index is -0.287. The first kappa shape index (κ1) is 14.1. The second-order valence-electron chi connectivity index (χ2n) is 4.66. The normalized spacial score (nSPS) is 18.5. The van der Waals surface area contributed by atoms with E-state index in [4.69, 9.17) is 11.6 Å². The fraction of sp³-hybridized carbons (Fsp3) is 0.538. The van der Waals surface area contributed by atoms with E-state index >= 15 is 0 Å². The molecule has 0 radical (unpaired) electrons. The first-order valence-corrected chi connectivity index (χ1v) is 6.94. The van der Waals surface area contributed by atoms with Gasteiger partial charge in [0.2, 0.25) is 0 Å². The van der Waals surface area contributed by atoms with Crippen molar-refractivity contribution in [2.24, 2.45) is 0 Å². The van der Waals surface area contributed by atoms with Gasteiger partial charge in [-0.15, -0.1) is 6.58 Å². The number of nitrogens with zero attached hydrogens (tertiary/aromatic N) is 2. The Morgan fingerprint density at radius 3 is 3.21 bits per heavy atom. The Morgan fingerprint density at radius 2 is 2.53 bits per heavy atom. The Bertz CT molecular complexity index is 494. The maximum absolute atomic E-state index is 11.9. The number of rotatable bonds is 6. The minimum absolute atomic E-state index is 0.191. The van der Waals surface area contributed by atoms with Gasteiger partial charge in [-0.25, -0.2) is 4.68 Å². The van der Waals surface area contributed by atoms with Crippen molar-refractivity contribution >= 4 is 17.3 Å². The molecule has 2 N–H and O–H groups in total. The summed E-state index contributed by atoms with van der Waals surface area (Å²) in [5, 5.41) is 10.8. The molecule has 19 heavy (non-hydrogen) atoms. The van der Waals surface area contributed by atoms with Crippen molar-refractivity contribution in [3.05, 3.63) is 34.2 Å². The molecule has 0 bridgehead atoms. The van der Waals surface area contributed by atoms with Gasteiger partial charge >= 0.3 is 0 Å². The molecule has 1 saturated heterocycles. The Balaban J connectivity index is 1.94. The van der Waals surface area contributed by atoms with E-state index in [9.17, 15) is 4.79 Å². The number of hydrogen-bond acceptors (Lipinski definition) is 4. The van der Waals surface area contributed by atoms with Crippen LogP contribution < -0.4 is 16.2 Å². The molecule has 1 atom stereocenters. The van der Waals surface area contributed by atoms with Crippen LogP contribution in [0.4, 0.5) is 5.69 Å². The number of halogens is 1. The summed E-state index contributed by atoms with van der Waals surface area (Å²) < 4.78 is 1.29. The first-order chi connectivity index (χ1) is 9.22. The van der Waals surface area contributed by atoms with Crippen molar-refractivity contribution < 1.29 is 0 Å². The first-order valence-electron chi connectivity index (χ1n) is 6.56. The molecule has 0 spiro atoms. The summed E-state index contributed by atoms with van der Waals surface area (Å²) >= 11 is 6.04. The van der Waals surface area contributed by atoms with Gasteiger partial charge in [0.05, 0.1) is 18.4 Å². The molecular weight excluding hydrogens is 264 g/mol. The van der Waals surface area contributed by atoms with Crippen LogP contribution in [0, 0.1) is 0 Å². The van der Waals surface area contributed by atoms with E-state index in [1.807, 2.05) is 0 Å². The Hall–Kier alpha value is -1.33. The van der Waals surface area contributed by atoms with E-state index in [0.29, 0.717) is 18.3 Å². The highest BCUT2D eigenvalue weighted by Crippen LogP contribution is 2.16. The van der Waals surface area contributed by atoms with Crippen LogP contribution in [0.2, 0.25) is 5.02 Å². The second-order valence-corrected chi connectivity index (χ2v) is 5.03. The molecule has 5 nitrogen and oxygen atoms in total. The van der Waals surface area contributed by atoms with Crippen LogP contribution in [0.3, 0.4) is 0 Å². The maximum atomic E-state index is 11.9. The quantitative estimate of drug-likeness (QED) is 0.779. The van der Waals surface area contributed by atoms with Crippen molar-refractivity contribution in [2.75, 3.05) is 18.4 Å². The molecule has 1 aliphatic heterocycles. The maximum Gasteiger partial charge on any atom is 0.287 e. The molecule has 104 valence electrons. The molecule has 1 fully saturated rings. The SMILES string of the molecule is C=CCn1ncc(NCC[C@@H]2CCCN2)c(Cl)c1=O. The zero-order valence-corrected chi connectivity index (χ0v) is 11.6. The fourth-order valence-electron chi connectivity index (χ4n) is 2.22. The van der Waals surface area contributed by atoms with Crippen LogP contribution in [0.15, 0.2) is 23.6 Å². The van der Waals surface area contributed by atoms with Gasteiger partial charge in [-0.2, -0.15) is 5.10 Å². The zero-order valence-electron chi connectivity index (χ0n) is 10.9. The van der Waals surface area contributed by atoms with Crippen molar-refractivity contribution in [2.45, 2.75) is 31.8 Å². The third kappa shape index (κ3) is 3.58. The average molecular weight is 283 g/mol. The molecule has 2 rings (SSSR count). The number of aromatic nitrogens is 2. The lowest BCUT2D eigenvalue weighted by Gasteiger charge is -2.12. The molecule has 1 aromatic heterocycles. The summed E-state index contributed by atoms with van der Waals surface area (Å²) in [5.74, 6) is 0. The van der Waals surface area contributed by atoms with Crippen LogP contribution in [0.25, 0.3) is 0 Å². The van der Waals surface area contributed by atoms with Crippen LogP contribution in [-0.2, 0) is 6.54 Å². The summed E-state index contributed by atoms with van der Waals surface area (Å²) in [6.07, 6.45) is 6.68. The monoisotopic (exact) mass is 282 g/mol. The van der Waals surface area contributed by atoms with E-state index in [1.54, 1.807) is 12.3 Å². The minimum Gasteiger partial charge on any atom is -0.382 e. The number of hydrogen-bond donors (Lipinski definition) is 2.